The van der Waals surface area contributed by atoms with Crippen molar-refractivity contribution in [1.29, 1.82) is 0 Å². The molecule has 0 saturated carbocycles. The molecule has 2 atom stereocenters. The van der Waals surface area contributed by atoms with Gasteiger partial charge in [-0.2, -0.15) is 0 Å². The van der Waals surface area contributed by atoms with E-state index in [1.54, 1.807) is 6.07 Å². The summed E-state index contributed by atoms with van der Waals surface area (Å²) in [5.74, 6) is 1.30. The highest BCUT2D eigenvalue weighted by atomic mass is 16.5. The van der Waals surface area contributed by atoms with Gasteiger partial charge in [-0.15, -0.1) is 0 Å². The van der Waals surface area contributed by atoms with Crippen LogP contribution in [0.15, 0.2) is 24.3 Å². The summed E-state index contributed by atoms with van der Waals surface area (Å²) in [7, 11) is 0. The van der Waals surface area contributed by atoms with E-state index in [2.05, 4.69) is 38.3 Å². The Kier molecular flexibility index (Phi) is 9.71. The van der Waals surface area contributed by atoms with Crippen LogP contribution in [0.3, 0.4) is 0 Å². The normalized spacial score (nSPS) is 14.0. The van der Waals surface area contributed by atoms with E-state index in [1.807, 2.05) is 18.2 Å². The number of benzene rings is 1. The van der Waals surface area contributed by atoms with Crippen LogP contribution in [0.2, 0.25) is 0 Å². The Labute approximate surface area is 145 Å². The first-order valence-corrected chi connectivity index (χ1v) is 8.75. The fourth-order valence-electron chi connectivity index (χ4n) is 2.03. The minimum atomic E-state index is -0.509. The lowest BCUT2D eigenvalue weighted by Gasteiger charge is -2.15. The zero-order valence-electron chi connectivity index (χ0n) is 15.3. The third-order valence-corrected chi connectivity index (χ3v) is 3.45. The fraction of sp³-hybridized carbons (Fsp3) is 0.667. The van der Waals surface area contributed by atoms with Crippen LogP contribution in [0.1, 0.15) is 27.7 Å². The molecule has 0 fully saturated rings. The SMILES string of the molecule is CC(C)[NH2+]C[C@@H](O)COc1cccc(OC[C@@H](O)C[NH2+]C(C)C)c1. The van der Waals surface area contributed by atoms with Crippen LogP contribution < -0.4 is 20.1 Å². The number of aliphatic hydroxyl groups excluding tert-OH is 2. The van der Waals surface area contributed by atoms with Crippen LogP contribution in [0.4, 0.5) is 0 Å². The molecule has 0 radical (unpaired) electrons. The molecule has 0 aliphatic carbocycles. The minimum Gasteiger partial charge on any atom is -0.491 e. The van der Waals surface area contributed by atoms with Gasteiger partial charge in [0.25, 0.3) is 0 Å². The molecule has 0 bridgehead atoms. The molecule has 0 unspecified atom stereocenters. The molecule has 0 aliphatic rings. The Morgan fingerprint density at radius 1 is 0.833 bits per heavy atom. The largest absolute Gasteiger partial charge is 0.491 e. The predicted molar refractivity (Wildman–Crippen MR) is 93.3 cm³/mol. The average Bonchev–Trinajstić information content (AvgIpc) is 2.54. The maximum absolute atomic E-state index is 9.88. The van der Waals surface area contributed by atoms with Crippen LogP contribution in [-0.2, 0) is 0 Å². The van der Waals surface area contributed by atoms with Gasteiger partial charge in [0.1, 0.15) is 50.0 Å². The molecule has 1 aromatic carbocycles. The molecule has 1 aromatic rings. The minimum absolute atomic E-state index is 0.249. The summed E-state index contributed by atoms with van der Waals surface area (Å²) in [4.78, 5) is 0. The molecule has 1 rings (SSSR count). The van der Waals surface area contributed by atoms with Crippen molar-refractivity contribution < 1.29 is 30.3 Å². The summed E-state index contributed by atoms with van der Waals surface area (Å²) >= 11 is 0. The molecule has 0 heterocycles. The van der Waals surface area contributed by atoms with Gasteiger partial charge in [-0.05, 0) is 39.8 Å². The van der Waals surface area contributed by atoms with E-state index in [4.69, 9.17) is 9.47 Å². The van der Waals surface area contributed by atoms with E-state index >= 15 is 0 Å². The van der Waals surface area contributed by atoms with Gasteiger partial charge in [0.15, 0.2) is 0 Å². The van der Waals surface area contributed by atoms with Crippen molar-refractivity contribution in [3.63, 3.8) is 0 Å². The number of ether oxygens (including phenoxy) is 2. The number of hydrogen-bond acceptors (Lipinski definition) is 4. The molecule has 24 heavy (non-hydrogen) atoms. The highest BCUT2D eigenvalue weighted by Gasteiger charge is 2.11. The first-order chi connectivity index (χ1) is 11.4. The molecule has 6 N–H and O–H groups in total. The summed E-state index contributed by atoms with van der Waals surface area (Å²) in [5, 5.41) is 23.9. The lowest BCUT2D eigenvalue weighted by Crippen LogP contribution is -2.90. The molecule has 0 amide bonds. The van der Waals surface area contributed by atoms with Crippen molar-refractivity contribution in [2.45, 2.75) is 52.0 Å². The third-order valence-electron chi connectivity index (χ3n) is 3.45. The number of nitrogens with two attached hydrogens (primary N) is 2. The molecular weight excluding hydrogens is 308 g/mol. The molecule has 0 aliphatic heterocycles. The summed E-state index contributed by atoms with van der Waals surface area (Å²) in [6.45, 7) is 10.1. The summed E-state index contributed by atoms with van der Waals surface area (Å²) in [5.41, 5.74) is 0. The Bertz CT molecular complexity index is 417. The van der Waals surface area contributed by atoms with E-state index in [0.29, 0.717) is 36.7 Å². The molecule has 0 saturated heterocycles. The molecule has 0 spiro atoms. The molecule has 6 heteroatoms. The average molecular weight is 342 g/mol. The lowest BCUT2D eigenvalue weighted by atomic mass is 10.3. The Morgan fingerprint density at radius 2 is 1.25 bits per heavy atom. The van der Waals surface area contributed by atoms with Crippen molar-refractivity contribution >= 4 is 0 Å². The zero-order valence-corrected chi connectivity index (χ0v) is 15.3. The van der Waals surface area contributed by atoms with E-state index in [1.165, 1.54) is 0 Å². The zero-order chi connectivity index (χ0) is 17.9. The van der Waals surface area contributed by atoms with Gasteiger partial charge in [-0.1, -0.05) is 6.07 Å². The van der Waals surface area contributed by atoms with Crippen molar-refractivity contribution in [3.8, 4) is 11.5 Å². The van der Waals surface area contributed by atoms with Crippen molar-refractivity contribution in [1.82, 2.24) is 0 Å². The second kappa shape index (κ2) is 11.3. The van der Waals surface area contributed by atoms with Gasteiger partial charge in [0.05, 0.1) is 12.1 Å². The van der Waals surface area contributed by atoms with E-state index in [-0.39, 0.29) is 13.2 Å². The van der Waals surface area contributed by atoms with Crippen molar-refractivity contribution in [3.05, 3.63) is 24.3 Å². The number of aliphatic hydroxyl groups is 2. The van der Waals surface area contributed by atoms with Crippen LogP contribution in [-0.4, -0.2) is 60.8 Å². The van der Waals surface area contributed by atoms with Crippen molar-refractivity contribution in [2.24, 2.45) is 0 Å². The molecular formula is C18H34N2O4+2. The smallest absolute Gasteiger partial charge is 0.137 e. The van der Waals surface area contributed by atoms with Gasteiger partial charge in [0.2, 0.25) is 0 Å². The standard InChI is InChI=1S/C18H32N2O4/c1-13(2)19-9-15(21)11-23-17-6-5-7-18(8-17)24-12-16(22)10-20-14(3)4/h5-8,13-16,19-22H,9-12H2,1-4H3/p+2/t15-,16+. The van der Waals surface area contributed by atoms with E-state index < -0.39 is 12.2 Å². The van der Waals surface area contributed by atoms with Crippen LogP contribution >= 0.6 is 0 Å². The van der Waals surface area contributed by atoms with Gasteiger partial charge in [-0.3, -0.25) is 0 Å². The number of rotatable bonds is 12. The number of quaternary nitrogens is 2. The predicted octanol–water partition coefficient (Wildman–Crippen LogP) is -0.890. The maximum atomic E-state index is 9.88. The maximum Gasteiger partial charge on any atom is 0.137 e. The summed E-state index contributed by atoms with van der Waals surface area (Å²) < 4.78 is 11.2. The third kappa shape index (κ3) is 9.72. The summed E-state index contributed by atoms with van der Waals surface area (Å²) in [6.07, 6.45) is -1.02. The molecule has 6 nitrogen and oxygen atoms in total. The number of hydrogen-bond donors (Lipinski definition) is 4. The summed E-state index contributed by atoms with van der Waals surface area (Å²) in [6, 6.07) is 8.18. The van der Waals surface area contributed by atoms with Crippen molar-refractivity contribution in [2.75, 3.05) is 26.3 Å². The Hall–Kier alpha value is -1.34. The molecule has 0 aromatic heterocycles. The van der Waals surface area contributed by atoms with E-state index in [0.717, 1.165) is 0 Å². The highest BCUT2D eigenvalue weighted by molar-refractivity contribution is 5.32. The quantitative estimate of drug-likeness (QED) is 0.397. The Balaban J connectivity index is 2.35. The van der Waals surface area contributed by atoms with Crippen LogP contribution in [0.5, 0.6) is 11.5 Å². The van der Waals surface area contributed by atoms with Crippen LogP contribution in [0.25, 0.3) is 0 Å². The van der Waals surface area contributed by atoms with Gasteiger partial charge < -0.3 is 30.3 Å². The monoisotopic (exact) mass is 342 g/mol. The van der Waals surface area contributed by atoms with Gasteiger partial charge in [-0.25, -0.2) is 0 Å². The second-order valence-electron chi connectivity index (χ2n) is 6.84. The first-order valence-electron chi connectivity index (χ1n) is 8.75. The topological polar surface area (TPSA) is 92.1 Å². The highest BCUT2D eigenvalue weighted by Crippen LogP contribution is 2.19. The molecule has 138 valence electrons. The lowest BCUT2D eigenvalue weighted by molar-refractivity contribution is -0.688. The van der Waals surface area contributed by atoms with Gasteiger partial charge >= 0.3 is 0 Å². The Morgan fingerprint density at radius 3 is 1.62 bits per heavy atom. The second-order valence-corrected chi connectivity index (χ2v) is 6.84. The van der Waals surface area contributed by atoms with Crippen LogP contribution in [0, 0.1) is 0 Å². The van der Waals surface area contributed by atoms with Gasteiger partial charge in [0, 0.05) is 6.07 Å². The fourth-order valence-corrected chi connectivity index (χ4v) is 2.03. The van der Waals surface area contributed by atoms with E-state index in [9.17, 15) is 10.2 Å². The first kappa shape index (κ1) is 20.7.